The molecule has 2 aliphatic heterocycles. The van der Waals surface area contributed by atoms with Crippen molar-refractivity contribution in [1.29, 1.82) is 0 Å². The van der Waals surface area contributed by atoms with Crippen LogP contribution in [0.1, 0.15) is 19.8 Å². The molecule has 11 heteroatoms. The molecule has 0 atom stereocenters. The highest BCUT2D eigenvalue weighted by Crippen LogP contribution is 2.26. The van der Waals surface area contributed by atoms with Gasteiger partial charge in [0, 0.05) is 63.2 Å². The minimum atomic E-state index is -0.405. The van der Waals surface area contributed by atoms with Crippen molar-refractivity contribution in [2.45, 2.75) is 24.9 Å². The van der Waals surface area contributed by atoms with E-state index >= 15 is 0 Å². The number of nitro groups is 1. The van der Waals surface area contributed by atoms with Gasteiger partial charge in [-0.25, -0.2) is 9.97 Å². The van der Waals surface area contributed by atoms with E-state index in [0.717, 1.165) is 43.4 Å². The predicted molar refractivity (Wildman–Crippen MR) is 130 cm³/mol. The molecule has 176 valence electrons. The number of rotatable bonds is 6. The first-order valence-corrected chi connectivity index (χ1v) is 12.4. The summed E-state index contributed by atoms with van der Waals surface area (Å²) in [5.41, 5.74) is 1.000. The van der Waals surface area contributed by atoms with Gasteiger partial charge < -0.3 is 14.7 Å². The van der Waals surface area contributed by atoms with Crippen LogP contribution in [-0.4, -0.2) is 70.7 Å². The van der Waals surface area contributed by atoms with Gasteiger partial charge >= 0.3 is 0 Å². The van der Waals surface area contributed by atoms with E-state index in [4.69, 9.17) is 11.6 Å². The summed E-state index contributed by atoms with van der Waals surface area (Å²) >= 11 is 7.55. The van der Waals surface area contributed by atoms with Gasteiger partial charge in [0.1, 0.15) is 11.0 Å². The number of carbonyl (C=O) groups excluding carboxylic acids is 1. The number of carbonyl (C=O) groups is 1. The van der Waals surface area contributed by atoms with E-state index in [0.29, 0.717) is 36.5 Å². The second kappa shape index (κ2) is 10.6. The van der Waals surface area contributed by atoms with Gasteiger partial charge in [-0.2, -0.15) is 0 Å². The zero-order valence-electron chi connectivity index (χ0n) is 18.5. The molecule has 1 aromatic carbocycles. The fraction of sp³-hybridized carbons (Fsp3) is 0.500. The lowest BCUT2D eigenvalue weighted by molar-refractivity contribution is -0.384. The Kier molecular flexibility index (Phi) is 7.54. The van der Waals surface area contributed by atoms with Gasteiger partial charge in [0.25, 0.3) is 5.69 Å². The molecule has 2 fully saturated rings. The molecule has 2 saturated heterocycles. The molecule has 33 heavy (non-hydrogen) atoms. The average Bonchev–Trinajstić information content (AvgIpc) is 2.83. The van der Waals surface area contributed by atoms with Crippen molar-refractivity contribution in [3.8, 4) is 0 Å². The lowest BCUT2D eigenvalue weighted by Crippen LogP contribution is -2.49. The number of hydrogen-bond donors (Lipinski definition) is 0. The summed E-state index contributed by atoms with van der Waals surface area (Å²) in [6.07, 6.45) is 2.27. The van der Waals surface area contributed by atoms with E-state index in [1.165, 1.54) is 23.9 Å². The first-order chi connectivity index (χ1) is 15.9. The molecule has 2 aliphatic rings. The number of nitrogens with zero attached hydrogens (tertiary/aromatic N) is 6. The summed E-state index contributed by atoms with van der Waals surface area (Å²) in [5.74, 6) is 1.86. The fourth-order valence-corrected chi connectivity index (χ4v) is 5.05. The second-order valence-corrected chi connectivity index (χ2v) is 9.76. The number of piperazine rings is 1. The summed E-state index contributed by atoms with van der Waals surface area (Å²) in [5, 5.41) is 11.7. The third-order valence-electron chi connectivity index (χ3n) is 6.15. The van der Waals surface area contributed by atoms with Crippen molar-refractivity contribution in [2.75, 3.05) is 54.8 Å². The number of halogens is 1. The third kappa shape index (κ3) is 6.05. The standard InChI is InChI=1S/C22H27ClN6O3S/c1-16-6-8-27(9-7-16)20-14-19(23)24-22(25-20)33-15-21(30)28-12-10-26(11-13-28)17-2-4-18(5-3-17)29(31)32/h2-5,14,16H,6-13,15H2,1H3. The number of non-ortho nitro benzene ring substituents is 1. The highest BCUT2D eigenvalue weighted by Gasteiger charge is 2.23. The van der Waals surface area contributed by atoms with Gasteiger partial charge in [0.2, 0.25) is 5.91 Å². The summed E-state index contributed by atoms with van der Waals surface area (Å²) < 4.78 is 0. The third-order valence-corrected chi connectivity index (χ3v) is 7.18. The zero-order valence-corrected chi connectivity index (χ0v) is 20.1. The quantitative estimate of drug-likeness (QED) is 0.199. The predicted octanol–water partition coefficient (Wildman–Crippen LogP) is 3.72. The minimum Gasteiger partial charge on any atom is -0.368 e. The Labute approximate surface area is 202 Å². The average molecular weight is 491 g/mol. The van der Waals surface area contributed by atoms with Gasteiger partial charge in [-0.05, 0) is 30.9 Å². The molecule has 4 rings (SSSR count). The van der Waals surface area contributed by atoms with Crippen molar-refractivity contribution in [3.63, 3.8) is 0 Å². The van der Waals surface area contributed by atoms with Crippen LogP contribution in [0.3, 0.4) is 0 Å². The number of benzene rings is 1. The maximum absolute atomic E-state index is 12.8. The van der Waals surface area contributed by atoms with E-state index in [1.807, 2.05) is 4.90 Å². The Morgan fingerprint density at radius 1 is 1.09 bits per heavy atom. The summed E-state index contributed by atoms with van der Waals surface area (Å²) in [6.45, 7) is 6.74. The Morgan fingerprint density at radius 3 is 2.39 bits per heavy atom. The van der Waals surface area contributed by atoms with Crippen LogP contribution in [0.4, 0.5) is 17.2 Å². The molecule has 0 bridgehead atoms. The molecule has 1 aromatic heterocycles. The molecular weight excluding hydrogens is 464 g/mol. The Hall–Kier alpha value is -2.59. The molecule has 0 N–H and O–H groups in total. The molecule has 3 heterocycles. The number of anilines is 2. The topological polar surface area (TPSA) is 95.7 Å². The number of aromatic nitrogens is 2. The number of hydrogen-bond acceptors (Lipinski definition) is 8. The van der Waals surface area contributed by atoms with E-state index < -0.39 is 4.92 Å². The zero-order chi connectivity index (χ0) is 23.4. The molecular formula is C22H27ClN6O3S. The van der Waals surface area contributed by atoms with Gasteiger partial charge in [0.05, 0.1) is 10.7 Å². The van der Waals surface area contributed by atoms with Crippen molar-refractivity contribution >= 4 is 46.5 Å². The normalized spacial score (nSPS) is 17.3. The van der Waals surface area contributed by atoms with Crippen LogP contribution in [0.2, 0.25) is 5.15 Å². The fourth-order valence-electron chi connectivity index (χ4n) is 4.07. The first-order valence-electron chi connectivity index (χ1n) is 11.1. The van der Waals surface area contributed by atoms with E-state index in [9.17, 15) is 14.9 Å². The smallest absolute Gasteiger partial charge is 0.269 e. The van der Waals surface area contributed by atoms with Crippen LogP contribution in [0.15, 0.2) is 35.5 Å². The summed E-state index contributed by atoms with van der Waals surface area (Å²) in [6, 6.07) is 8.31. The summed E-state index contributed by atoms with van der Waals surface area (Å²) in [4.78, 5) is 38.3. The van der Waals surface area contributed by atoms with Crippen LogP contribution in [0.5, 0.6) is 0 Å². The van der Waals surface area contributed by atoms with E-state index in [2.05, 4.69) is 26.7 Å². The SMILES string of the molecule is CC1CCN(c2cc(Cl)nc(SCC(=O)N3CCN(c4ccc([N+](=O)[O-])cc4)CC3)n2)CC1. The van der Waals surface area contributed by atoms with Crippen LogP contribution < -0.4 is 9.80 Å². The highest BCUT2D eigenvalue weighted by atomic mass is 35.5. The molecule has 0 unspecified atom stereocenters. The Morgan fingerprint density at radius 2 is 1.76 bits per heavy atom. The minimum absolute atomic E-state index is 0.0419. The van der Waals surface area contributed by atoms with Gasteiger partial charge in [0.15, 0.2) is 5.16 Å². The van der Waals surface area contributed by atoms with Crippen LogP contribution >= 0.6 is 23.4 Å². The van der Waals surface area contributed by atoms with Gasteiger partial charge in [-0.1, -0.05) is 30.3 Å². The molecule has 9 nitrogen and oxygen atoms in total. The van der Waals surface area contributed by atoms with Crippen molar-refractivity contribution in [3.05, 3.63) is 45.6 Å². The van der Waals surface area contributed by atoms with E-state index in [1.54, 1.807) is 18.2 Å². The lowest BCUT2D eigenvalue weighted by atomic mass is 9.99. The largest absolute Gasteiger partial charge is 0.368 e. The molecule has 0 radical (unpaired) electrons. The lowest BCUT2D eigenvalue weighted by Gasteiger charge is -2.36. The molecule has 2 aromatic rings. The Bertz CT molecular complexity index is 992. The van der Waals surface area contributed by atoms with Gasteiger partial charge in [-0.15, -0.1) is 0 Å². The first kappa shape index (κ1) is 23.6. The molecule has 1 amide bonds. The second-order valence-electron chi connectivity index (χ2n) is 8.43. The van der Waals surface area contributed by atoms with Crippen molar-refractivity contribution in [2.24, 2.45) is 5.92 Å². The molecule has 0 spiro atoms. The number of amides is 1. The van der Waals surface area contributed by atoms with Gasteiger partial charge in [-0.3, -0.25) is 14.9 Å². The van der Waals surface area contributed by atoms with Crippen LogP contribution in [0, 0.1) is 16.0 Å². The monoisotopic (exact) mass is 490 g/mol. The van der Waals surface area contributed by atoms with Crippen molar-refractivity contribution < 1.29 is 9.72 Å². The number of nitro benzene ring substituents is 1. The maximum atomic E-state index is 12.8. The summed E-state index contributed by atoms with van der Waals surface area (Å²) in [7, 11) is 0. The Balaban J connectivity index is 1.28. The van der Waals surface area contributed by atoms with Crippen molar-refractivity contribution in [1.82, 2.24) is 14.9 Å². The molecule has 0 saturated carbocycles. The van der Waals surface area contributed by atoms with E-state index in [-0.39, 0.29) is 17.3 Å². The number of piperidine rings is 1. The van der Waals surface area contributed by atoms with Crippen LogP contribution in [-0.2, 0) is 4.79 Å². The van der Waals surface area contributed by atoms with Crippen LogP contribution in [0.25, 0.3) is 0 Å². The molecule has 0 aliphatic carbocycles. The highest BCUT2D eigenvalue weighted by molar-refractivity contribution is 7.99. The number of thioether (sulfide) groups is 1. The maximum Gasteiger partial charge on any atom is 0.269 e.